The lowest BCUT2D eigenvalue weighted by Crippen LogP contribution is -2.48. The Morgan fingerprint density at radius 3 is 2.90 bits per heavy atom. The van der Waals surface area contributed by atoms with Gasteiger partial charge in [0.2, 0.25) is 6.23 Å². The molecule has 0 amide bonds. The average molecular weight is 279 g/mol. The van der Waals surface area contributed by atoms with Crippen molar-refractivity contribution >= 4 is 11.9 Å². The van der Waals surface area contributed by atoms with E-state index in [9.17, 15) is 14.7 Å². The van der Waals surface area contributed by atoms with Gasteiger partial charge < -0.3 is 19.4 Å². The molecule has 2 heterocycles. The molecule has 7 heteroatoms. The Morgan fingerprint density at radius 1 is 1.35 bits per heavy atom. The minimum Gasteiger partial charge on any atom is -0.486 e. The number of hydrogen-bond acceptors (Lipinski definition) is 7. The molecule has 2 aliphatic rings. The van der Waals surface area contributed by atoms with Crippen LogP contribution in [0.1, 0.15) is 5.56 Å². The molecule has 7 nitrogen and oxygen atoms in total. The minimum absolute atomic E-state index is 0.124. The number of aliphatic hydroxyl groups is 1. The quantitative estimate of drug-likeness (QED) is 0.590. The average Bonchev–Trinajstić information content (AvgIpc) is 2.68. The van der Waals surface area contributed by atoms with Gasteiger partial charge in [0, 0.05) is 0 Å². The molecule has 106 valence electrons. The van der Waals surface area contributed by atoms with Crippen LogP contribution in [0.15, 0.2) is 24.3 Å². The maximum absolute atomic E-state index is 11.1. The first-order valence-electron chi connectivity index (χ1n) is 6.15. The van der Waals surface area contributed by atoms with Crippen molar-refractivity contribution in [3.8, 4) is 5.75 Å². The maximum atomic E-state index is 11.1. The van der Waals surface area contributed by atoms with Crippen LogP contribution in [0.2, 0.25) is 0 Å². The summed E-state index contributed by atoms with van der Waals surface area (Å²) in [7, 11) is 0. The zero-order valence-corrected chi connectivity index (χ0v) is 10.7. The van der Waals surface area contributed by atoms with E-state index in [-0.39, 0.29) is 6.54 Å². The second-order valence-corrected chi connectivity index (χ2v) is 4.74. The molecule has 0 bridgehead atoms. The lowest BCUT2D eigenvalue weighted by atomic mass is 10.2. The number of nitrogens with zero attached hydrogens (tertiary/aromatic N) is 1. The Balaban J connectivity index is 1.73. The van der Waals surface area contributed by atoms with Gasteiger partial charge in [-0.05, 0) is 24.6 Å². The van der Waals surface area contributed by atoms with Crippen LogP contribution in [0.5, 0.6) is 5.75 Å². The van der Waals surface area contributed by atoms with Gasteiger partial charge in [-0.1, -0.05) is 17.2 Å². The van der Waals surface area contributed by atoms with E-state index >= 15 is 0 Å². The van der Waals surface area contributed by atoms with Gasteiger partial charge in [-0.2, -0.15) is 0 Å². The molecule has 2 saturated heterocycles. The summed E-state index contributed by atoms with van der Waals surface area (Å²) in [5, 5.41) is 11.2. The Morgan fingerprint density at radius 2 is 2.15 bits per heavy atom. The van der Waals surface area contributed by atoms with Gasteiger partial charge in [-0.25, -0.2) is 9.59 Å². The number of fused-ring (bicyclic) bond motifs is 1. The molecule has 3 atom stereocenters. The number of esters is 1. The molecule has 1 N–H and O–H groups in total. The summed E-state index contributed by atoms with van der Waals surface area (Å²) < 4.78 is 10.5. The number of benzene rings is 1. The highest BCUT2D eigenvalue weighted by Gasteiger charge is 2.51. The maximum Gasteiger partial charge on any atom is 0.436 e. The lowest BCUT2D eigenvalue weighted by molar-refractivity contribution is -0.262. The van der Waals surface area contributed by atoms with Crippen LogP contribution in [0.4, 0.5) is 0 Å². The predicted molar refractivity (Wildman–Crippen MR) is 64.3 cm³/mol. The van der Waals surface area contributed by atoms with Crippen LogP contribution >= 0.6 is 0 Å². The largest absolute Gasteiger partial charge is 0.486 e. The van der Waals surface area contributed by atoms with E-state index in [1.54, 1.807) is 6.07 Å². The lowest BCUT2D eigenvalue weighted by Gasteiger charge is -2.27. The van der Waals surface area contributed by atoms with Gasteiger partial charge in [-0.15, -0.1) is 0 Å². The van der Waals surface area contributed by atoms with E-state index in [4.69, 9.17) is 14.3 Å². The topological polar surface area (TPSA) is 85.3 Å². The molecule has 3 rings (SSSR count). The summed E-state index contributed by atoms with van der Waals surface area (Å²) >= 11 is 0. The number of carbonyl (C=O) groups is 2. The van der Waals surface area contributed by atoms with E-state index in [0.717, 1.165) is 10.6 Å². The number of ether oxygens (including phenoxy) is 2. The SMILES string of the molecule is Cc1cccc(OC2CN3OC(=O)C(=O)OC3C2O)c1. The van der Waals surface area contributed by atoms with Crippen molar-refractivity contribution in [2.45, 2.75) is 25.4 Å². The normalized spacial score (nSPS) is 29.6. The van der Waals surface area contributed by atoms with Crippen LogP contribution in [0.25, 0.3) is 0 Å². The zero-order valence-electron chi connectivity index (χ0n) is 10.7. The third kappa shape index (κ3) is 2.21. The first-order chi connectivity index (χ1) is 9.54. The predicted octanol–water partition coefficient (Wildman–Crippen LogP) is -0.240. The molecule has 3 unspecified atom stereocenters. The summed E-state index contributed by atoms with van der Waals surface area (Å²) in [6.45, 7) is 2.05. The number of hydrogen-bond donors (Lipinski definition) is 1. The third-order valence-electron chi connectivity index (χ3n) is 3.19. The fourth-order valence-electron chi connectivity index (χ4n) is 2.23. The highest BCUT2D eigenvalue weighted by molar-refractivity contribution is 6.30. The van der Waals surface area contributed by atoms with Crippen LogP contribution in [-0.2, 0) is 19.2 Å². The second kappa shape index (κ2) is 4.77. The molecule has 0 spiro atoms. The molecular formula is C13H13NO6. The van der Waals surface area contributed by atoms with Crippen LogP contribution in [-0.4, -0.2) is 47.1 Å². The number of aryl methyl sites for hydroxylation is 1. The number of aliphatic hydroxyl groups excluding tert-OH is 1. The molecule has 0 saturated carbocycles. The van der Waals surface area contributed by atoms with Crippen molar-refractivity contribution in [3.63, 3.8) is 0 Å². The summed E-state index contributed by atoms with van der Waals surface area (Å²) in [6.07, 6.45) is -2.76. The van der Waals surface area contributed by atoms with Crippen LogP contribution < -0.4 is 4.74 Å². The van der Waals surface area contributed by atoms with Crippen molar-refractivity contribution in [3.05, 3.63) is 29.8 Å². The summed E-state index contributed by atoms with van der Waals surface area (Å²) in [5.41, 5.74) is 1.02. The van der Waals surface area contributed by atoms with E-state index in [1.165, 1.54) is 0 Å². The molecular weight excluding hydrogens is 266 g/mol. The highest BCUT2D eigenvalue weighted by Crippen LogP contribution is 2.27. The first kappa shape index (κ1) is 12.9. The van der Waals surface area contributed by atoms with Crippen molar-refractivity contribution in [2.24, 2.45) is 0 Å². The minimum atomic E-state index is -1.11. The molecule has 1 aromatic carbocycles. The van der Waals surface area contributed by atoms with E-state index in [2.05, 4.69) is 0 Å². The molecule has 0 aromatic heterocycles. The zero-order chi connectivity index (χ0) is 14.3. The fraction of sp³-hybridized carbons (Fsp3) is 0.385. The van der Waals surface area contributed by atoms with E-state index in [1.807, 2.05) is 25.1 Å². The molecule has 2 fully saturated rings. The third-order valence-corrected chi connectivity index (χ3v) is 3.19. The molecule has 1 aromatic rings. The smallest absolute Gasteiger partial charge is 0.436 e. The Kier molecular flexibility index (Phi) is 3.07. The van der Waals surface area contributed by atoms with Gasteiger partial charge in [0.1, 0.15) is 18.0 Å². The van der Waals surface area contributed by atoms with Gasteiger partial charge in [0.05, 0.1) is 6.54 Å². The van der Waals surface area contributed by atoms with Crippen molar-refractivity contribution in [1.29, 1.82) is 0 Å². The van der Waals surface area contributed by atoms with Crippen molar-refractivity contribution < 1.29 is 29.0 Å². The van der Waals surface area contributed by atoms with Gasteiger partial charge in [0.25, 0.3) is 0 Å². The van der Waals surface area contributed by atoms with Gasteiger partial charge in [0.15, 0.2) is 0 Å². The molecule has 2 aliphatic heterocycles. The first-order valence-corrected chi connectivity index (χ1v) is 6.15. The van der Waals surface area contributed by atoms with E-state index < -0.39 is 30.4 Å². The summed E-state index contributed by atoms with van der Waals surface area (Å²) in [5.74, 6) is -1.61. The Labute approximate surface area is 114 Å². The second-order valence-electron chi connectivity index (χ2n) is 4.74. The van der Waals surface area contributed by atoms with Gasteiger partial charge in [-0.3, -0.25) is 0 Å². The van der Waals surface area contributed by atoms with E-state index in [0.29, 0.717) is 5.75 Å². The molecule has 20 heavy (non-hydrogen) atoms. The number of rotatable bonds is 2. The molecule has 0 radical (unpaired) electrons. The fourth-order valence-corrected chi connectivity index (χ4v) is 2.23. The highest BCUT2D eigenvalue weighted by atomic mass is 16.8. The van der Waals surface area contributed by atoms with Gasteiger partial charge >= 0.3 is 11.9 Å². The number of carbonyl (C=O) groups excluding carboxylic acids is 2. The van der Waals surface area contributed by atoms with Crippen molar-refractivity contribution in [2.75, 3.05) is 6.54 Å². The Hall–Kier alpha value is -2.12. The number of hydroxylamine groups is 2. The Bertz CT molecular complexity index is 560. The van der Waals surface area contributed by atoms with Crippen molar-refractivity contribution in [1.82, 2.24) is 5.06 Å². The molecule has 0 aliphatic carbocycles. The summed E-state index contributed by atoms with van der Waals surface area (Å²) in [4.78, 5) is 27.0. The van der Waals surface area contributed by atoms with Crippen LogP contribution in [0.3, 0.4) is 0 Å². The summed E-state index contributed by atoms with van der Waals surface area (Å²) in [6, 6.07) is 7.33. The monoisotopic (exact) mass is 279 g/mol. The standard InChI is InChI=1S/C13H13NO6/c1-7-3-2-4-8(5-7)18-9-6-14-11(10(9)15)19-12(16)13(17)20-14/h2-5,9-11,15H,6H2,1H3. The van der Waals surface area contributed by atoms with Crippen LogP contribution in [0, 0.1) is 6.92 Å².